The summed E-state index contributed by atoms with van der Waals surface area (Å²) >= 11 is 0. The van der Waals surface area contributed by atoms with Gasteiger partial charge in [-0.05, 0) is 54.2 Å². The van der Waals surface area contributed by atoms with Gasteiger partial charge in [-0.15, -0.1) is 15.0 Å². The Morgan fingerprint density at radius 1 is 0.913 bits per heavy atom. The van der Waals surface area contributed by atoms with Crippen LogP contribution in [0, 0.1) is 0 Å². The molecule has 120 valence electrons. The monoisotopic (exact) mass is 309 g/mol. The molecule has 0 aliphatic heterocycles. The average molecular weight is 309 g/mol. The fourth-order valence-electron chi connectivity index (χ4n) is 2.88. The van der Waals surface area contributed by atoms with E-state index in [0.717, 1.165) is 42.3 Å². The first-order valence-corrected chi connectivity index (χ1v) is 8.37. The highest BCUT2D eigenvalue weighted by Gasteiger charge is 2.13. The van der Waals surface area contributed by atoms with Crippen LogP contribution in [-0.2, 0) is 19.3 Å². The molecular weight excluding hydrogens is 286 g/mol. The number of aromatic nitrogens is 3. The van der Waals surface area contributed by atoms with E-state index < -0.39 is 0 Å². The average Bonchev–Trinajstić information content (AvgIpc) is 2.98. The van der Waals surface area contributed by atoms with Crippen LogP contribution in [0.15, 0.2) is 30.3 Å². The highest BCUT2D eigenvalue weighted by molar-refractivity contribution is 5.75. The number of rotatable bonds is 5. The van der Waals surface area contributed by atoms with E-state index in [2.05, 4.69) is 42.2 Å². The number of hydrogen-bond donors (Lipinski definition) is 1. The molecule has 1 heterocycles. The Hall–Kier alpha value is -2.36. The number of benzene rings is 2. The molecular formula is C19H23N3O. The molecule has 0 aliphatic carbocycles. The van der Waals surface area contributed by atoms with E-state index in [1.807, 2.05) is 19.1 Å². The van der Waals surface area contributed by atoms with Crippen molar-refractivity contribution in [3.63, 3.8) is 0 Å². The summed E-state index contributed by atoms with van der Waals surface area (Å²) in [6, 6.07) is 10.2. The second-order valence-electron chi connectivity index (χ2n) is 5.89. The molecule has 0 fully saturated rings. The number of aryl methyl sites for hydroxylation is 3. The molecule has 4 nitrogen and oxygen atoms in total. The predicted molar refractivity (Wildman–Crippen MR) is 93.3 cm³/mol. The van der Waals surface area contributed by atoms with Crippen molar-refractivity contribution in [2.45, 2.75) is 46.5 Å². The first kappa shape index (κ1) is 15.5. The van der Waals surface area contributed by atoms with Crippen molar-refractivity contribution in [2.75, 3.05) is 0 Å². The van der Waals surface area contributed by atoms with Crippen LogP contribution >= 0.6 is 0 Å². The summed E-state index contributed by atoms with van der Waals surface area (Å²) in [7, 11) is 0. The summed E-state index contributed by atoms with van der Waals surface area (Å²) in [5.41, 5.74) is 5.77. The lowest BCUT2D eigenvalue weighted by Crippen LogP contribution is -2.02. The standard InChI is InChI=1S/C19H23N3O/c1-4-7-14-8-9-16-17(11-14)21-22(20-16)18-12-13(5-2)10-15(6-3)19(18)23/h8-12,23H,4-7H2,1-3H3. The van der Waals surface area contributed by atoms with Crippen molar-refractivity contribution in [1.29, 1.82) is 0 Å². The summed E-state index contributed by atoms with van der Waals surface area (Å²) in [5.74, 6) is 0.277. The van der Waals surface area contributed by atoms with Gasteiger partial charge in [0.1, 0.15) is 22.5 Å². The lowest BCUT2D eigenvalue weighted by Gasteiger charge is -2.10. The minimum atomic E-state index is 0.277. The molecule has 0 saturated carbocycles. The van der Waals surface area contributed by atoms with Gasteiger partial charge in [0.2, 0.25) is 0 Å². The Kier molecular flexibility index (Phi) is 4.33. The van der Waals surface area contributed by atoms with Crippen molar-refractivity contribution in [2.24, 2.45) is 0 Å². The molecule has 0 atom stereocenters. The van der Waals surface area contributed by atoms with Crippen molar-refractivity contribution >= 4 is 11.0 Å². The van der Waals surface area contributed by atoms with E-state index in [-0.39, 0.29) is 5.75 Å². The normalized spacial score (nSPS) is 11.3. The van der Waals surface area contributed by atoms with Crippen molar-refractivity contribution < 1.29 is 5.11 Å². The summed E-state index contributed by atoms with van der Waals surface area (Å²) in [4.78, 5) is 1.56. The van der Waals surface area contributed by atoms with Crippen molar-refractivity contribution in [3.8, 4) is 11.4 Å². The number of nitrogens with zero attached hydrogens (tertiary/aromatic N) is 3. The summed E-state index contributed by atoms with van der Waals surface area (Å²) in [5, 5.41) is 19.6. The first-order chi connectivity index (χ1) is 11.2. The zero-order valence-corrected chi connectivity index (χ0v) is 14.0. The van der Waals surface area contributed by atoms with Crippen LogP contribution in [-0.4, -0.2) is 20.1 Å². The van der Waals surface area contributed by atoms with Crippen LogP contribution < -0.4 is 0 Å². The second kappa shape index (κ2) is 6.41. The zero-order valence-electron chi connectivity index (χ0n) is 14.0. The molecule has 0 radical (unpaired) electrons. The van der Waals surface area contributed by atoms with Gasteiger partial charge in [0, 0.05) is 0 Å². The maximum atomic E-state index is 10.5. The van der Waals surface area contributed by atoms with Gasteiger partial charge >= 0.3 is 0 Å². The van der Waals surface area contributed by atoms with E-state index in [1.54, 1.807) is 4.80 Å². The molecule has 0 aliphatic rings. The lowest BCUT2D eigenvalue weighted by atomic mass is 10.0. The van der Waals surface area contributed by atoms with Crippen LogP contribution in [0.5, 0.6) is 5.75 Å². The molecule has 0 unspecified atom stereocenters. The van der Waals surface area contributed by atoms with Crippen LogP contribution in [0.25, 0.3) is 16.7 Å². The third kappa shape index (κ3) is 2.93. The number of phenolic OH excluding ortho intramolecular Hbond substituents is 1. The largest absolute Gasteiger partial charge is 0.505 e. The Labute approximate surface area is 136 Å². The number of fused-ring (bicyclic) bond motifs is 1. The molecule has 4 heteroatoms. The molecule has 2 aromatic carbocycles. The van der Waals surface area contributed by atoms with Gasteiger partial charge in [-0.25, -0.2) is 0 Å². The van der Waals surface area contributed by atoms with Gasteiger partial charge in [-0.3, -0.25) is 0 Å². The maximum Gasteiger partial charge on any atom is 0.146 e. The fraction of sp³-hybridized carbons (Fsp3) is 0.368. The molecule has 1 N–H and O–H groups in total. The van der Waals surface area contributed by atoms with Gasteiger partial charge in [0.05, 0.1) is 0 Å². The number of aromatic hydroxyl groups is 1. The third-order valence-corrected chi connectivity index (χ3v) is 4.22. The molecule has 1 aromatic heterocycles. The third-order valence-electron chi connectivity index (χ3n) is 4.22. The van der Waals surface area contributed by atoms with Crippen molar-refractivity contribution in [1.82, 2.24) is 15.0 Å². The SMILES string of the molecule is CCCc1ccc2nn(-c3cc(CC)cc(CC)c3O)nc2c1. The van der Waals surface area contributed by atoms with Gasteiger partial charge < -0.3 is 5.11 Å². The Morgan fingerprint density at radius 2 is 1.70 bits per heavy atom. The molecule has 0 bridgehead atoms. The van der Waals surface area contributed by atoms with E-state index in [4.69, 9.17) is 0 Å². The summed E-state index contributed by atoms with van der Waals surface area (Å²) in [6.45, 7) is 6.32. The number of hydrogen-bond acceptors (Lipinski definition) is 3. The first-order valence-electron chi connectivity index (χ1n) is 8.37. The van der Waals surface area contributed by atoms with E-state index in [1.165, 1.54) is 11.1 Å². The van der Waals surface area contributed by atoms with Crippen LogP contribution in [0.4, 0.5) is 0 Å². The molecule has 3 rings (SSSR count). The summed E-state index contributed by atoms with van der Waals surface area (Å²) in [6.07, 6.45) is 3.86. The maximum absolute atomic E-state index is 10.5. The Balaban J connectivity index is 2.12. The van der Waals surface area contributed by atoms with Crippen LogP contribution in [0.3, 0.4) is 0 Å². The van der Waals surface area contributed by atoms with Gasteiger partial charge in [-0.1, -0.05) is 39.3 Å². The van der Waals surface area contributed by atoms with Crippen LogP contribution in [0.1, 0.15) is 43.9 Å². The quantitative estimate of drug-likeness (QED) is 0.768. The Bertz CT molecular complexity index is 836. The smallest absolute Gasteiger partial charge is 0.146 e. The molecule has 3 aromatic rings. The van der Waals surface area contributed by atoms with Gasteiger partial charge in [0.15, 0.2) is 0 Å². The molecule has 0 amide bonds. The highest BCUT2D eigenvalue weighted by atomic mass is 16.3. The van der Waals surface area contributed by atoms with Gasteiger partial charge in [-0.2, -0.15) is 0 Å². The van der Waals surface area contributed by atoms with E-state index in [0.29, 0.717) is 5.69 Å². The zero-order chi connectivity index (χ0) is 16.4. The van der Waals surface area contributed by atoms with E-state index in [9.17, 15) is 5.11 Å². The highest BCUT2D eigenvalue weighted by Crippen LogP contribution is 2.29. The lowest BCUT2D eigenvalue weighted by molar-refractivity contribution is 0.461. The molecule has 23 heavy (non-hydrogen) atoms. The minimum absolute atomic E-state index is 0.277. The second-order valence-corrected chi connectivity index (χ2v) is 5.89. The minimum Gasteiger partial charge on any atom is -0.505 e. The Morgan fingerprint density at radius 3 is 2.39 bits per heavy atom. The molecule has 0 saturated heterocycles. The summed E-state index contributed by atoms with van der Waals surface area (Å²) < 4.78 is 0. The fourth-order valence-corrected chi connectivity index (χ4v) is 2.88. The van der Waals surface area contributed by atoms with Gasteiger partial charge in [0.25, 0.3) is 0 Å². The number of phenols is 1. The predicted octanol–water partition coefficient (Wildman–Crippen LogP) is 4.20. The van der Waals surface area contributed by atoms with E-state index >= 15 is 0 Å². The van der Waals surface area contributed by atoms with Crippen LogP contribution in [0.2, 0.25) is 0 Å². The topological polar surface area (TPSA) is 50.9 Å². The van der Waals surface area contributed by atoms with Crippen molar-refractivity contribution in [3.05, 3.63) is 47.0 Å². The molecule has 0 spiro atoms.